The number of hydrogen-bond donors (Lipinski definition) is 2. The minimum atomic E-state index is -0.340. The van der Waals surface area contributed by atoms with Crippen LogP contribution in [0.25, 0.3) is 10.8 Å². The van der Waals surface area contributed by atoms with E-state index in [1.807, 2.05) is 50.2 Å². The smallest absolute Gasteiger partial charge is 0.124 e. The summed E-state index contributed by atoms with van der Waals surface area (Å²) in [6.45, 7) is 5.23. The monoisotopic (exact) mass is 335 g/mol. The molecule has 3 aromatic carbocycles. The summed E-state index contributed by atoms with van der Waals surface area (Å²) in [6, 6.07) is 22.6. The second-order valence-electron chi connectivity index (χ2n) is 6.93. The number of fused-ring (bicyclic) bond motifs is 1. The molecule has 0 aliphatic carbocycles. The number of nitrogens with one attached hydrogen (secondary N) is 1. The van der Waals surface area contributed by atoms with Crippen LogP contribution in [0.4, 0.5) is 0 Å². The fraction of sp³-hybridized carbons (Fsp3) is 0.273. The minimum absolute atomic E-state index is 0.0813. The van der Waals surface area contributed by atoms with Gasteiger partial charge in [-0.3, -0.25) is 0 Å². The predicted octanol–water partition coefficient (Wildman–Crippen LogP) is 4.28. The molecule has 0 aliphatic heterocycles. The Bertz CT molecular complexity index is 828. The van der Waals surface area contributed by atoms with E-state index < -0.39 is 0 Å². The summed E-state index contributed by atoms with van der Waals surface area (Å²) in [5, 5.41) is 15.3. The lowest BCUT2D eigenvalue weighted by Gasteiger charge is -2.25. The molecule has 0 saturated heterocycles. The highest BCUT2D eigenvalue weighted by Gasteiger charge is 2.17. The third kappa shape index (κ3) is 4.38. The molecule has 0 atom stereocenters. The topological polar surface area (TPSA) is 41.5 Å². The first kappa shape index (κ1) is 17.5. The molecule has 3 aromatic rings. The van der Waals surface area contributed by atoms with Gasteiger partial charge in [0.05, 0.1) is 6.61 Å². The molecule has 0 spiro atoms. The first-order valence-electron chi connectivity index (χ1n) is 8.62. The van der Waals surface area contributed by atoms with Gasteiger partial charge in [0.1, 0.15) is 12.4 Å². The SMILES string of the molecule is CC(C)(CO)NCc1c(OCc2ccccc2)ccc2ccccc12. The van der Waals surface area contributed by atoms with Gasteiger partial charge in [-0.15, -0.1) is 0 Å². The molecule has 0 amide bonds. The van der Waals surface area contributed by atoms with Gasteiger partial charge < -0.3 is 15.2 Å². The number of aliphatic hydroxyl groups excluding tert-OH is 1. The molecule has 2 N–H and O–H groups in total. The van der Waals surface area contributed by atoms with Gasteiger partial charge in [0.2, 0.25) is 0 Å². The van der Waals surface area contributed by atoms with Gasteiger partial charge in [-0.1, -0.05) is 60.7 Å². The second kappa shape index (κ2) is 7.68. The van der Waals surface area contributed by atoms with E-state index in [9.17, 15) is 5.11 Å². The Morgan fingerprint density at radius 1 is 0.920 bits per heavy atom. The molecule has 0 fully saturated rings. The van der Waals surface area contributed by atoms with Gasteiger partial charge in [0, 0.05) is 17.6 Å². The van der Waals surface area contributed by atoms with E-state index in [0.717, 1.165) is 16.9 Å². The molecule has 3 nitrogen and oxygen atoms in total. The minimum Gasteiger partial charge on any atom is -0.489 e. The van der Waals surface area contributed by atoms with Crippen molar-refractivity contribution in [2.75, 3.05) is 6.61 Å². The summed E-state index contributed by atoms with van der Waals surface area (Å²) in [7, 11) is 0. The van der Waals surface area contributed by atoms with Crippen LogP contribution in [0.15, 0.2) is 66.7 Å². The van der Waals surface area contributed by atoms with Crippen LogP contribution in [-0.4, -0.2) is 17.3 Å². The molecule has 0 heterocycles. The van der Waals surface area contributed by atoms with Crippen molar-refractivity contribution in [1.29, 1.82) is 0 Å². The van der Waals surface area contributed by atoms with Gasteiger partial charge in [0.25, 0.3) is 0 Å². The van der Waals surface area contributed by atoms with Crippen molar-refractivity contribution in [2.45, 2.75) is 32.5 Å². The summed E-state index contributed by atoms with van der Waals surface area (Å²) in [5.41, 5.74) is 1.93. The highest BCUT2D eigenvalue weighted by Crippen LogP contribution is 2.29. The van der Waals surface area contributed by atoms with Crippen LogP contribution in [0.5, 0.6) is 5.75 Å². The van der Waals surface area contributed by atoms with Crippen LogP contribution >= 0.6 is 0 Å². The molecular formula is C22H25NO2. The average molecular weight is 335 g/mol. The van der Waals surface area contributed by atoms with Crippen molar-refractivity contribution in [3.63, 3.8) is 0 Å². The number of hydrogen-bond acceptors (Lipinski definition) is 3. The second-order valence-corrected chi connectivity index (χ2v) is 6.93. The van der Waals surface area contributed by atoms with Crippen molar-refractivity contribution >= 4 is 10.8 Å². The zero-order valence-electron chi connectivity index (χ0n) is 14.8. The number of ether oxygens (including phenoxy) is 1. The maximum Gasteiger partial charge on any atom is 0.124 e. The fourth-order valence-electron chi connectivity index (χ4n) is 2.75. The third-order valence-corrected chi connectivity index (χ3v) is 4.37. The molecule has 3 heteroatoms. The molecule has 0 saturated carbocycles. The number of benzene rings is 3. The molecular weight excluding hydrogens is 310 g/mol. The lowest BCUT2D eigenvalue weighted by atomic mass is 10.0. The van der Waals surface area contributed by atoms with Crippen LogP contribution in [0.3, 0.4) is 0 Å². The van der Waals surface area contributed by atoms with Crippen molar-refractivity contribution in [3.8, 4) is 5.75 Å². The van der Waals surface area contributed by atoms with E-state index in [2.05, 4.69) is 35.6 Å². The quantitative estimate of drug-likeness (QED) is 0.677. The summed E-state index contributed by atoms with van der Waals surface area (Å²) >= 11 is 0. The lowest BCUT2D eigenvalue weighted by molar-refractivity contribution is 0.187. The molecule has 25 heavy (non-hydrogen) atoms. The fourth-order valence-corrected chi connectivity index (χ4v) is 2.75. The summed E-state index contributed by atoms with van der Waals surface area (Å²) in [6.07, 6.45) is 0. The maximum absolute atomic E-state index is 9.51. The predicted molar refractivity (Wildman–Crippen MR) is 103 cm³/mol. The van der Waals surface area contributed by atoms with Crippen molar-refractivity contribution < 1.29 is 9.84 Å². The van der Waals surface area contributed by atoms with Crippen LogP contribution in [0.1, 0.15) is 25.0 Å². The Morgan fingerprint density at radius 3 is 2.40 bits per heavy atom. The normalized spacial score (nSPS) is 11.6. The molecule has 0 unspecified atom stereocenters. The summed E-state index contributed by atoms with van der Waals surface area (Å²) in [4.78, 5) is 0. The maximum atomic E-state index is 9.51. The Kier molecular flexibility index (Phi) is 5.37. The number of rotatable bonds is 7. The van der Waals surface area contributed by atoms with Gasteiger partial charge >= 0.3 is 0 Å². The first-order valence-corrected chi connectivity index (χ1v) is 8.62. The molecule has 0 aliphatic rings. The van der Waals surface area contributed by atoms with Gasteiger partial charge in [-0.2, -0.15) is 0 Å². The standard InChI is InChI=1S/C22H25NO2/c1-22(2,16-24)23-14-20-19-11-7-6-10-18(19)12-13-21(20)25-15-17-8-4-3-5-9-17/h3-13,23-24H,14-16H2,1-2H3. The van der Waals surface area contributed by atoms with Crippen molar-refractivity contribution in [3.05, 3.63) is 77.9 Å². The third-order valence-electron chi connectivity index (χ3n) is 4.37. The summed E-state index contributed by atoms with van der Waals surface area (Å²) in [5.74, 6) is 0.879. The van der Waals surface area contributed by atoms with Crippen LogP contribution in [0, 0.1) is 0 Å². The van der Waals surface area contributed by atoms with Crippen molar-refractivity contribution in [1.82, 2.24) is 5.32 Å². The highest BCUT2D eigenvalue weighted by molar-refractivity contribution is 5.87. The lowest BCUT2D eigenvalue weighted by Crippen LogP contribution is -2.42. The average Bonchev–Trinajstić information content (AvgIpc) is 2.65. The Balaban J connectivity index is 1.89. The van der Waals surface area contributed by atoms with Gasteiger partial charge in [0.15, 0.2) is 0 Å². The van der Waals surface area contributed by atoms with E-state index in [1.54, 1.807) is 0 Å². The molecule has 0 radical (unpaired) electrons. The highest BCUT2D eigenvalue weighted by atomic mass is 16.5. The Hall–Kier alpha value is -2.36. The summed E-state index contributed by atoms with van der Waals surface area (Å²) < 4.78 is 6.13. The van der Waals surface area contributed by atoms with Crippen LogP contribution in [0.2, 0.25) is 0 Å². The molecule has 130 valence electrons. The molecule has 0 bridgehead atoms. The molecule has 3 rings (SSSR count). The van der Waals surface area contributed by atoms with Crippen molar-refractivity contribution in [2.24, 2.45) is 0 Å². The van der Waals surface area contributed by atoms with Crippen LogP contribution in [-0.2, 0) is 13.2 Å². The Labute approximate surface area is 149 Å². The van der Waals surface area contributed by atoms with E-state index in [1.165, 1.54) is 10.8 Å². The van der Waals surface area contributed by atoms with Gasteiger partial charge in [-0.25, -0.2) is 0 Å². The first-order chi connectivity index (χ1) is 12.1. The largest absolute Gasteiger partial charge is 0.489 e. The van der Waals surface area contributed by atoms with E-state index in [-0.39, 0.29) is 12.1 Å². The molecule has 0 aromatic heterocycles. The van der Waals surface area contributed by atoms with E-state index >= 15 is 0 Å². The zero-order valence-corrected chi connectivity index (χ0v) is 14.8. The number of aliphatic hydroxyl groups is 1. The van der Waals surface area contributed by atoms with E-state index in [0.29, 0.717) is 13.2 Å². The van der Waals surface area contributed by atoms with Gasteiger partial charge in [-0.05, 0) is 36.2 Å². The van der Waals surface area contributed by atoms with E-state index in [4.69, 9.17) is 4.74 Å². The van der Waals surface area contributed by atoms with Crippen LogP contribution < -0.4 is 10.1 Å². The zero-order chi connectivity index (χ0) is 17.7. The Morgan fingerprint density at radius 2 is 1.64 bits per heavy atom.